The maximum absolute atomic E-state index is 13.3. The van der Waals surface area contributed by atoms with E-state index in [4.69, 9.17) is 4.74 Å². The molecular formula is C14H21F2NO. The van der Waals surface area contributed by atoms with Crippen molar-refractivity contribution >= 4 is 0 Å². The Morgan fingerprint density at radius 3 is 2.56 bits per heavy atom. The van der Waals surface area contributed by atoms with Crippen LogP contribution >= 0.6 is 0 Å². The Kier molecular flexibility index (Phi) is 6.22. The van der Waals surface area contributed by atoms with Crippen molar-refractivity contribution in [1.82, 2.24) is 5.32 Å². The summed E-state index contributed by atoms with van der Waals surface area (Å²) in [5.74, 6) is -1.32. The smallest absolute Gasteiger partial charge is 0.159 e. The van der Waals surface area contributed by atoms with Gasteiger partial charge in [-0.1, -0.05) is 19.9 Å². The zero-order chi connectivity index (χ0) is 13.5. The molecule has 1 N–H and O–H groups in total. The van der Waals surface area contributed by atoms with Crippen molar-refractivity contribution < 1.29 is 13.5 Å². The second kappa shape index (κ2) is 7.44. The van der Waals surface area contributed by atoms with Gasteiger partial charge in [-0.05, 0) is 36.6 Å². The molecule has 4 heteroatoms. The summed E-state index contributed by atoms with van der Waals surface area (Å²) >= 11 is 0. The van der Waals surface area contributed by atoms with E-state index < -0.39 is 11.6 Å². The van der Waals surface area contributed by atoms with Crippen LogP contribution in [0.4, 0.5) is 8.78 Å². The van der Waals surface area contributed by atoms with Crippen LogP contribution < -0.4 is 5.32 Å². The molecule has 0 aliphatic rings. The van der Waals surface area contributed by atoms with Gasteiger partial charge in [0.25, 0.3) is 0 Å². The van der Waals surface area contributed by atoms with Gasteiger partial charge in [0, 0.05) is 19.8 Å². The summed E-state index contributed by atoms with van der Waals surface area (Å²) in [6.45, 7) is 5.51. The van der Waals surface area contributed by atoms with Crippen LogP contribution in [0.3, 0.4) is 0 Å². The molecule has 0 fully saturated rings. The van der Waals surface area contributed by atoms with Crippen molar-refractivity contribution in [3.8, 4) is 0 Å². The minimum Gasteiger partial charge on any atom is -0.385 e. The van der Waals surface area contributed by atoms with Crippen molar-refractivity contribution in [1.29, 1.82) is 0 Å². The quantitative estimate of drug-likeness (QED) is 0.809. The van der Waals surface area contributed by atoms with E-state index in [9.17, 15) is 8.78 Å². The lowest BCUT2D eigenvalue weighted by Crippen LogP contribution is -2.27. The fourth-order valence-electron chi connectivity index (χ4n) is 2.04. The SMILES string of the molecule is CCNC(c1ccc(F)c(F)c1)C(C)CCOC. The van der Waals surface area contributed by atoms with E-state index in [2.05, 4.69) is 12.2 Å². The predicted molar refractivity (Wildman–Crippen MR) is 68.4 cm³/mol. The van der Waals surface area contributed by atoms with Crippen molar-refractivity contribution in [3.63, 3.8) is 0 Å². The second-order valence-electron chi connectivity index (χ2n) is 4.47. The molecule has 0 amide bonds. The molecule has 0 heterocycles. The molecule has 102 valence electrons. The zero-order valence-electron chi connectivity index (χ0n) is 11.2. The van der Waals surface area contributed by atoms with E-state index in [0.29, 0.717) is 6.61 Å². The normalized spacial score (nSPS) is 14.5. The van der Waals surface area contributed by atoms with Gasteiger partial charge in [-0.15, -0.1) is 0 Å². The fourth-order valence-corrected chi connectivity index (χ4v) is 2.04. The van der Waals surface area contributed by atoms with Gasteiger partial charge in [0.15, 0.2) is 11.6 Å². The molecular weight excluding hydrogens is 236 g/mol. The van der Waals surface area contributed by atoms with E-state index in [1.807, 2.05) is 6.92 Å². The van der Waals surface area contributed by atoms with Crippen LogP contribution in [0.15, 0.2) is 18.2 Å². The lowest BCUT2D eigenvalue weighted by atomic mass is 9.92. The van der Waals surface area contributed by atoms with Crippen LogP contribution in [0.5, 0.6) is 0 Å². The maximum Gasteiger partial charge on any atom is 0.159 e. The molecule has 0 aliphatic heterocycles. The Balaban J connectivity index is 2.85. The molecule has 2 atom stereocenters. The number of methoxy groups -OCH3 is 1. The Morgan fingerprint density at radius 1 is 1.28 bits per heavy atom. The Bertz CT molecular complexity index is 371. The second-order valence-corrected chi connectivity index (χ2v) is 4.47. The first-order chi connectivity index (χ1) is 8.60. The lowest BCUT2D eigenvalue weighted by molar-refractivity contribution is 0.170. The first kappa shape index (κ1) is 15.1. The number of rotatable bonds is 7. The molecule has 0 bridgehead atoms. The monoisotopic (exact) mass is 257 g/mol. The molecule has 2 unspecified atom stereocenters. The van der Waals surface area contributed by atoms with E-state index >= 15 is 0 Å². The molecule has 0 saturated carbocycles. The molecule has 1 rings (SSSR count). The summed E-state index contributed by atoms with van der Waals surface area (Å²) in [7, 11) is 1.66. The number of nitrogens with one attached hydrogen (secondary N) is 1. The first-order valence-electron chi connectivity index (χ1n) is 6.27. The molecule has 1 aromatic carbocycles. The van der Waals surface area contributed by atoms with E-state index in [1.165, 1.54) is 12.1 Å². The van der Waals surface area contributed by atoms with Gasteiger partial charge >= 0.3 is 0 Å². The summed E-state index contributed by atoms with van der Waals surface area (Å²) in [6, 6.07) is 4.10. The molecule has 18 heavy (non-hydrogen) atoms. The van der Waals surface area contributed by atoms with Crippen molar-refractivity contribution in [2.24, 2.45) is 5.92 Å². The summed E-state index contributed by atoms with van der Waals surface area (Å²) in [5.41, 5.74) is 0.777. The fraction of sp³-hybridized carbons (Fsp3) is 0.571. The van der Waals surface area contributed by atoms with Gasteiger partial charge < -0.3 is 10.1 Å². The van der Waals surface area contributed by atoms with Crippen LogP contribution in [0.2, 0.25) is 0 Å². The number of benzene rings is 1. The van der Waals surface area contributed by atoms with Crippen molar-refractivity contribution in [2.75, 3.05) is 20.3 Å². The lowest BCUT2D eigenvalue weighted by Gasteiger charge is -2.25. The van der Waals surface area contributed by atoms with Crippen LogP contribution in [0.1, 0.15) is 31.9 Å². The molecule has 0 saturated heterocycles. The minimum atomic E-state index is -0.807. The summed E-state index contributed by atoms with van der Waals surface area (Å²) in [5, 5.41) is 3.31. The van der Waals surface area contributed by atoms with Crippen LogP contribution in [-0.4, -0.2) is 20.3 Å². The molecule has 0 aliphatic carbocycles. The highest BCUT2D eigenvalue weighted by Crippen LogP contribution is 2.25. The van der Waals surface area contributed by atoms with Crippen molar-refractivity contribution in [2.45, 2.75) is 26.3 Å². The third kappa shape index (κ3) is 4.03. The highest BCUT2D eigenvalue weighted by Gasteiger charge is 2.19. The first-order valence-corrected chi connectivity index (χ1v) is 6.27. The number of halogens is 2. The van der Waals surface area contributed by atoms with E-state index in [1.54, 1.807) is 13.2 Å². The molecule has 0 radical (unpaired) electrons. The number of ether oxygens (including phenoxy) is 1. The van der Waals surface area contributed by atoms with Gasteiger partial charge in [-0.3, -0.25) is 0 Å². The van der Waals surface area contributed by atoms with Gasteiger partial charge in [-0.2, -0.15) is 0 Å². The topological polar surface area (TPSA) is 21.3 Å². The summed E-state index contributed by atoms with van der Waals surface area (Å²) < 4.78 is 31.3. The third-order valence-corrected chi connectivity index (χ3v) is 3.07. The van der Waals surface area contributed by atoms with Crippen molar-refractivity contribution in [3.05, 3.63) is 35.4 Å². The van der Waals surface area contributed by atoms with Crippen LogP contribution in [-0.2, 0) is 4.74 Å². The largest absolute Gasteiger partial charge is 0.385 e. The maximum atomic E-state index is 13.3. The zero-order valence-corrected chi connectivity index (χ0v) is 11.2. The number of hydrogen-bond donors (Lipinski definition) is 1. The Hall–Kier alpha value is -1.00. The average molecular weight is 257 g/mol. The molecule has 0 spiro atoms. The van der Waals surface area contributed by atoms with Crippen LogP contribution in [0, 0.1) is 17.6 Å². The number of hydrogen-bond acceptors (Lipinski definition) is 2. The molecule has 0 aromatic heterocycles. The Labute approximate surface area is 107 Å². The summed E-state index contributed by atoms with van der Waals surface area (Å²) in [4.78, 5) is 0. The molecule has 2 nitrogen and oxygen atoms in total. The van der Waals surface area contributed by atoms with Gasteiger partial charge in [0.1, 0.15) is 0 Å². The van der Waals surface area contributed by atoms with Gasteiger partial charge in [0.05, 0.1) is 0 Å². The summed E-state index contributed by atoms with van der Waals surface area (Å²) in [6.07, 6.45) is 0.868. The predicted octanol–water partition coefficient (Wildman–Crippen LogP) is 3.29. The Morgan fingerprint density at radius 2 is 2.00 bits per heavy atom. The third-order valence-electron chi connectivity index (χ3n) is 3.07. The van der Waals surface area contributed by atoms with Gasteiger partial charge in [0.2, 0.25) is 0 Å². The van der Waals surface area contributed by atoms with Gasteiger partial charge in [-0.25, -0.2) is 8.78 Å². The standard InChI is InChI=1S/C14H21F2NO/c1-4-17-14(10(2)7-8-18-3)11-5-6-12(15)13(16)9-11/h5-6,9-10,14,17H,4,7-8H2,1-3H3. The highest BCUT2D eigenvalue weighted by molar-refractivity contribution is 5.22. The molecule has 1 aromatic rings. The van der Waals surface area contributed by atoms with Crippen LogP contribution in [0.25, 0.3) is 0 Å². The average Bonchev–Trinajstić information content (AvgIpc) is 2.36. The van der Waals surface area contributed by atoms with E-state index in [0.717, 1.165) is 18.5 Å². The minimum absolute atomic E-state index is 0.0141. The van der Waals surface area contributed by atoms with E-state index in [-0.39, 0.29) is 12.0 Å². The highest BCUT2D eigenvalue weighted by atomic mass is 19.2.